The first-order valence-electron chi connectivity index (χ1n) is 9.38. The molecule has 1 aromatic carbocycles. The van der Waals surface area contributed by atoms with Crippen molar-refractivity contribution in [1.82, 2.24) is 9.97 Å². The van der Waals surface area contributed by atoms with Crippen LogP contribution >= 0.6 is 0 Å². The maximum atomic E-state index is 5.49. The Morgan fingerprint density at radius 3 is 2.88 bits per heavy atom. The first kappa shape index (κ1) is 17.0. The summed E-state index contributed by atoms with van der Waals surface area (Å²) in [6.07, 6.45) is 6.30. The molecule has 1 aliphatic carbocycles. The molecule has 0 spiro atoms. The van der Waals surface area contributed by atoms with Gasteiger partial charge in [-0.05, 0) is 38.2 Å². The van der Waals surface area contributed by atoms with Crippen molar-refractivity contribution >= 4 is 18.0 Å². The third-order valence-electron chi connectivity index (χ3n) is 4.89. The predicted octanol–water partition coefficient (Wildman–Crippen LogP) is 3.19. The SMILES string of the molecule is Cc1cccc(/C=N/Nc2nc3c(c(N4CCOCC4)n2)CCCC3)c1.[HH]. The van der Waals surface area contributed by atoms with Crippen LogP contribution in [0.4, 0.5) is 11.8 Å². The summed E-state index contributed by atoms with van der Waals surface area (Å²) in [7, 11) is 0. The second-order valence-corrected chi connectivity index (χ2v) is 6.89. The third kappa shape index (κ3) is 3.85. The van der Waals surface area contributed by atoms with E-state index >= 15 is 0 Å². The highest BCUT2D eigenvalue weighted by Crippen LogP contribution is 2.29. The van der Waals surface area contributed by atoms with Crippen molar-refractivity contribution in [2.45, 2.75) is 32.6 Å². The number of ether oxygens (including phenoxy) is 1. The maximum Gasteiger partial charge on any atom is 0.245 e. The van der Waals surface area contributed by atoms with Crippen molar-refractivity contribution in [3.8, 4) is 0 Å². The third-order valence-corrected chi connectivity index (χ3v) is 4.89. The molecular formula is C20H27N5O. The lowest BCUT2D eigenvalue weighted by molar-refractivity contribution is 0.122. The number of hydrogen-bond donors (Lipinski definition) is 1. The minimum absolute atomic E-state index is 0. The first-order chi connectivity index (χ1) is 12.8. The Bertz CT molecular complexity index is 805. The number of aromatic nitrogens is 2. The fourth-order valence-corrected chi connectivity index (χ4v) is 3.58. The summed E-state index contributed by atoms with van der Waals surface area (Å²) in [5.74, 6) is 1.64. The number of nitrogens with zero attached hydrogens (tertiary/aromatic N) is 4. The van der Waals surface area contributed by atoms with E-state index in [0.29, 0.717) is 5.95 Å². The van der Waals surface area contributed by atoms with Crippen LogP contribution in [0.1, 0.15) is 36.7 Å². The zero-order chi connectivity index (χ0) is 17.8. The predicted molar refractivity (Wildman–Crippen MR) is 106 cm³/mol. The van der Waals surface area contributed by atoms with Crippen LogP contribution in [0.2, 0.25) is 0 Å². The molecule has 0 unspecified atom stereocenters. The highest BCUT2D eigenvalue weighted by molar-refractivity contribution is 5.80. The summed E-state index contributed by atoms with van der Waals surface area (Å²) in [6, 6.07) is 8.23. The average Bonchev–Trinajstić information content (AvgIpc) is 2.68. The van der Waals surface area contributed by atoms with Gasteiger partial charge in [0.2, 0.25) is 5.95 Å². The Morgan fingerprint density at radius 1 is 1.19 bits per heavy atom. The van der Waals surface area contributed by atoms with Crippen molar-refractivity contribution in [3.05, 3.63) is 46.6 Å². The smallest absolute Gasteiger partial charge is 0.245 e. The van der Waals surface area contributed by atoms with Gasteiger partial charge < -0.3 is 9.64 Å². The van der Waals surface area contributed by atoms with E-state index in [9.17, 15) is 0 Å². The molecule has 2 aliphatic rings. The number of nitrogens with one attached hydrogen (secondary N) is 1. The Kier molecular flexibility index (Phi) is 5.11. The van der Waals surface area contributed by atoms with E-state index in [4.69, 9.17) is 14.7 Å². The number of benzene rings is 1. The number of hydrazone groups is 1. The van der Waals surface area contributed by atoms with E-state index in [-0.39, 0.29) is 1.43 Å². The second kappa shape index (κ2) is 7.83. The van der Waals surface area contributed by atoms with Gasteiger partial charge in [0, 0.05) is 20.1 Å². The van der Waals surface area contributed by atoms with E-state index in [2.05, 4.69) is 34.5 Å². The summed E-state index contributed by atoms with van der Waals surface area (Å²) >= 11 is 0. The van der Waals surface area contributed by atoms with Crippen LogP contribution in [-0.2, 0) is 17.6 Å². The number of rotatable bonds is 4. The Balaban J connectivity index is 0.00000210. The minimum atomic E-state index is 0. The Labute approximate surface area is 155 Å². The van der Waals surface area contributed by atoms with E-state index in [1.807, 2.05) is 18.3 Å². The van der Waals surface area contributed by atoms with Crippen LogP contribution in [0, 0.1) is 6.92 Å². The molecular weight excluding hydrogens is 326 g/mol. The van der Waals surface area contributed by atoms with Crippen molar-refractivity contribution < 1.29 is 6.16 Å². The van der Waals surface area contributed by atoms with Crippen molar-refractivity contribution in [2.75, 3.05) is 36.6 Å². The van der Waals surface area contributed by atoms with Gasteiger partial charge in [-0.1, -0.05) is 29.8 Å². The molecule has 1 aromatic heterocycles. The minimum Gasteiger partial charge on any atom is -0.378 e. The Hall–Kier alpha value is -2.47. The molecule has 1 aliphatic heterocycles. The molecule has 26 heavy (non-hydrogen) atoms. The van der Waals surface area contributed by atoms with Crippen LogP contribution < -0.4 is 10.3 Å². The molecule has 2 heterocycles. The standard InChI is InChI=1S/C20H25N5O.H2/c1-15-5-4-6-16(13-15)14-21-24-20-22-18-8-3-2-7-17(18)19(23-20)25-9-11-26-12-10-25;/h4-6,13-14H,2-3,7-12H2,1H3,(H,22,23,24);1H/b21-14+;. The van der Waals surface area contributed by atoms with Gasteiger partial charge in [0.15, 0.2) is 0 Å². The quantitative estimate of drug-likeness (QED) is 0.676. The fourth-order valence-electron chi connectivity index (χ4n) is 3.58. The largest absolute Gasteiger partial charge is 0.378 e. The first-order valence-corrected chi connectivity index (χ1v) is 9.38. The highest BCUT2D eigenvalue weighted by atomic mass is 16.5. The maximum absolute atomic E-state index is 5.49. The van der Waals surface area contributed by atoms with Gasteiger partial charge in [0.25, 0.3) is 0 Å². The zero-order valence-corrected chi connectivity index (χ0v) is 15.2. The summed E-state index contributed by atoms with van der Waals surface area (Å²) in [4.78, 5) is 11.8. The summed E-state index contributed by atoms with van der Waals surface area (Å²) in [5.41, 5.74) is 7.79. The average molecular weight is 353 g/mol. The molecule has 1 N–H and O–H groups in total. The number of anilines is 2. The fraction of sp³-hybridized carbons (Fsp3) is 0.450. The molecule has 0 amide bonds. The van der Waals surface area contributed by atoms with E-state index in [0.717, 1.165) is 50.5 Å². The molecule has 1 fully saturated rings. The van der Waals surface area contributed by atoms with Gasteiger partial charge in [0.05, 0.1) is 25.1 Å². The van der Waals surface area contributed by atoms with E-state index < -0.39 is 0 Å². The van der Waals surface area contributed by atoms with Crippen LogP contribution in [0.3, 0.4) is 0 Å². The molecule has 0 radical (unpaired) electrons. The number of aryl methyl sites for hydroxylation is 2. The molecule has 6 heteroatoms. The van der Waals surface area contributed by atoms with Crippen LogP contribution in [0.15, 0.2) is 29.4 Å². The molecule has 4 rings (SSSR count). The van der Waals surface area contributed by atoms with Gasteiger partial charge in [-0.25, -0.2) is 10.4 Å². The zero-order valence-electron chi connectivity index (χ0n) is 15.2. The lowest BCUT2D eigenvalue weighted by Crippen LogP contribution is -2.38. The summed E-state index contributed by atoms with van der Waals surface area (Å²) < 4.78 is 5.49. The van der Waals surface area contributed by atoms with E-state index in [1.54, 1.807) is 0 Å². The molecule has 0 bridgehead atoms. The molecule has 0 saturated carbocycles. The lowest BCUT2D eigenvalue weighted by Gasteiger charge is -2.31. The normalized spacial score (nSPS) is 17.3. The lowest BCUT2D eigenvalue weighted by atomic mass is 9.96. The number of hydrogen-bond acceptors (Lipinski definition) is 6. The van der Waals surface area contributed by atoms with Crippen LogP contribution in [-0.4, -0.2) is 42.5 Å². The molecule has 6 nitrogen and oxygen atoms in total. The van der Waals surface area contributed by atoms with Crippen molar-refractivity contribution in [3.63, 3.8) is 0 Å². The monoisotopic (exact) mass is 353 g/mol. The molecule has 0 atom stereocenters. The van der Waals surface area contributed by atoms with Crippen LogP contribution in [0.5, 0.6) is 0 Å². The molecule has 1 saturated heterocycles. The van der Waals surface area contributed by atoms with Gasteiger partial charge in [0.1, 0.15) is 5.82 Å². The second-order valence-electron chi connectivity index (χ2n) is 6.89. The van der Waals surface area contributed by atoms with Gasteiger partial charge in [-0.2, -0.15) is 10.1 Å². The van der Waals surface area contributed by atoms with Gasteiger partial charge >= 0.3 is 0 Å². The Morgan fingerprint density at radius 2 is 2.04 bits per heavy atom. The van der Waals surface area contributed by atoms with Gasteiger partial charge in [-0.3, -0.25) is 0 Å². The molecule has 2 aromatic rings. The van der Waals surface area contributed by atoms with Crippen molar-refractivity contribution in [1.29, 1.82) is 0 Å². The highest BCUT2D eigenvalue weighted by Gasteiger charge is 2.23. The van der Waals surface area contributed by atoms with Gasteiger partial charge in [-0.15, -0.1) is 0 Å². The van der Waals surface area contributed by atoms with Crippen molar-refractivity contribution in [2.24, 2.45) is 5.10 Å². The summed E-state index contributed by atoms with van der Waals surface area (Å²) in [6.45, 7) is 5.36. The van der Waals surface area contributed by atoms with Crippen LogP contribution in [0.25, 0.3) is 0 Å². The van der Waals surface area contributed by atoms with E-state index in [1.165, 1.54) is 29.7 Å². The topological polar surface area (TPSA) is 62.6 Å². The summed E-state index contributed by atoms with van der Waals surface area (Å²) in [5, 5.41) is 4.34. The number of fused-ring (bicyclic) bond motifs is 1. The number of morpholine rings is 1. The molecule has 138 valence electrons.